The Morgan fingerprint density at radius 2 is 2.00 bits per heavy atom. The van der Waals surface area contributed by atoms with Crippen molar-refractivity contribution in [3.63, 3.8) is 0 Å². The number of anilines is 1. The second-order valence-electron chi connectivity index (χ2n) is 4.73. The molecule has 1 N–H and O–H groups in total. The van der Waals surface area contributed by atoms with E-state index in [4.69, 9.17) is 0 Å². The Balaban J connectivity index is 2.05. The van der Waals surface area contributed by atoms with Crippen LogP contribution in [0.3, 0.4) is 0 Å². The first-order chi connectivity index (χ1) is 9.93. The van der Waals surface area contributed by atoms with E-state index in [-0.39, 0.29) is 24.7 Å². The molecule has 0 amide bonds. The fourth-order valence-corrected chi connectivity index (χ4v) is 2.01. The number of β-amino-alcohol motifs (C(OH)–C–C–N with tert-alkyl or cyclic N) is 1. The molecule has 3 heterocycles. The summed E-state index contributed by atoms with van der Waals surface area (Å²) in [6.07, 6.45) is -2.16. The average Bonchev–Trinajstić information content (AvgIpc) is 2.43. The number of halogens is 3. The van der Waals surface area contributed by atoms with Gasteiger partial charge in [0, 0.05) is 37.1 Å². The summed E-state index contributed by atoms with van der Waals surface area (Å²) in [7, 11) is 0. The molecule has 2 aromatic heterocycles. The molecule has 1 fully saturated rings. The number of alkyl halides is 3. The maximum atomic E-state index is 13.0. The van der Waals surface area contributed by atoms with Crippen LogP contribution in [0.25, 0.3) is 11.4 Å². The van der Waals surface area contributed by atoms with Crippen molar-refractivity contribution < 1.29 is 18.3 Å². The van der Waals surface area contributed by atoms with Crippen molar-refractivity contribution in [3.05, 3.63) is 36.3 Å². The third kappa shape index (κ3) is 2.80. The highest BCUT2D eigenvalue weighted by atomic mass is 19.4. The fraction of sp³-hybridized carbons (Fsp3) is 0.308. The van der Waals surface area contributed by atoms with Gasteiger partial charge < -0.3 is 10.0 Å². The highest BCUT2D eigenvalue weighted by Crippen LogP contribution is 2.32. The molecule has 0 unspecified atom stereocenters. The molecule has 0 bridgehead atoms. The number of nitrogens with zero attached hydrogens (tertiary/aromatic N) is 4. The molecule has 2 aromatic rings. The predicted octanol–water partition coefficient (Wildman–Crippen LogP) is 1.74. The molecule has 1 aliphatic rings. The molecule has 0 saturated carbocycles. The van der Waals surface area contributed by atoms with Crippen molar-refractivity contribution in [3.8, 4) is 11.4 Å². The highest BCUT2D eigenvalue weighted by Gasteiger charge is 2.35. The van der Waals surface area contributed by atoms with Gasteiger partial charge in [0.2, 0.25) is 0 Å². The number of hydrogen-bond acceptors (Lipinski definition) is 5. The molecule has 5 nitrogen and oxygen atoms in total. The van der Waals surface area contributed by atoms with Crippen molar-refractivity contribution in [2.75, 3.05) is 18.0 Å². The second-order valence-corrected chi connectivity index (χ2v) is 4.73. The van der Waals surface area contributed by atoms with Crippen molar-refractivity contribution >= 4 is 5.82 Å². The van der Waals surface area contributed by atoms with Crippen LogP contribution in [-0.2, 0) is 6.18 Å². The van der Waals surface area contributed by atoms with Gasteiger partial charge >= 0.3 is 6.18 Å². The van der Waals surface area contributed by atoms with E-state index in [2.05, 4.69) is 15.0 Å². The summed E-state index contributed by atoms with van der Waals surface area (Å²) in [6, 6.07) is 4.09. The molecular weight excluding hydrogens is 285 g/mol. The lowest BCUT2D eigenvalue weighted by Gasteiger charge is -2.37. The Hall–Kier alpha value is -2.22. The number of aliphatic hydroxyl groups is 1. The zero-order valence-electron chi connectivity index (χ0n) is 10.7. The van der Waals surface area contributed by atoms with Gasteiger partial charge in [0.05, 0.1) is 6.10 Å². The Bertz CT molecular complexity index is 642. The minimum Gasteiger partial charge on any atom is -0.389 e. The minimum atomic E-state index is -4.56. The zero-order chi connectivity index (χ0) is 15.0. The quantitative estimate of drug-likeness (QED) is 0.914. The summed E-state index contributed by atoms with van der Waals surface area (Å²) in [4.78, 5) is 13.1. The van der Waals surface area contributed by atoms with E-state index in [1.165, 1.54) is 12.4 Å². The molecule has 110 valence electrons. The summed E-state index contributed by atoms with van der Waals surface area (Å²) in [5, 5.41) is 9.28. The molecule has 0 radical (unpaired) electrons. The van der Waals surface area contributed by atoms with E-state index < -0.39 is 18.0 Å². The fourth-order valence-electron chi connectivity index (χ4n) is 2.01. The number of aliphatic hydroxyl groups excluding tert-OH is 1. The molecule has 0 aliphatic carbocycles. The third-order valence-corrected chi connectivity index (χ3v) is 3.11. The van der Waals surface area contributed by atoms with E-state index >= 15 is 0 Å². The van der Waals surface area contributed by atoms with Crippen LogP contribution in [-0.4, -0.2) is 39.3 Å². The monoisotopic (exact) mass is 296 g/mol. The normalized spacial score (nSPS) is 15.9. The van der Waals surface area contributed by atoms with Gasteiger partial charge in [-0.1, -0.05) is 0 Å². The molecule has 0 aromatic carbocycles. The minimum absolute atomic E-state index is 0.0330. The number of rotatable bonds is 2. The Morgan fingerprint density at radius 3 is 2.57 bits per heavy atom. The number of hydrogen-bond donors (Lipinski definition) is 1. The molecule has 0 atom stereocenters. The molecule has 1 saturated heterocycles. The third-order valence-electron chi connectivity index (χ3n) is 3.11. The summed E-state index contributed by atoms with van der Waals surface area (Å²) >= 11 is 0. The number of pyridine rings is 1. The van der Waals surface area contributed by atoms with Crippen LogP contribution in [0.15, 0.2) is 30.6 Å². The molecule has 3 rings (SSSR count). The first-order valence-electron chi connectivity index (χ1n) is 6.23. The van der Waals surface area contributed by atoms with E-state index in [1.807, 2.05) is 0 Å². The Kier molecular flexibility index (Phi) is 3.25. The molecule has 0 spiro atoms. The predicted molar refractivity (Wildman–Crippen MR) is 68.5 cm³/mol. The average molecular weight is 296 g/mol. The maximum Gasteiger partial charge on any atom is 0.433 e. The van der Waals surface area contributed by atoms with Crippen LogP contribution in [0, 0.1) is 0 Å². The zero-order valence-corrected chi connectivity index (χ0v) is 10.7. The van der Waals surface area contributed by atoms with Gasteiger partial charge in [-0.15, -0.1) is 0 Å². The second kappa shape index (κ2) is 4.96. The van der Waals surface area contributed by atoms with Gasteiger partial charge in [0.15, 0.2) is 11.5 Å². The summed E-state index contributed by atoms with van der Waals surface area (Å²) < 4.78 is 38.9. The summed E-state index contributed by atoms with van der Waals surface area (Å²) in [6.45, 7) is 0.529. The SMILES string of the molecule is OC1CN(c2cc(C(F)(F)F)nc(-c3cccnc3)n2)C1. The van der Waals surface area contributed by atoms with E-state index in [1.54, 1.807) is 17.0 Å². The largest absolute Gasteiger partial charge is 0.433 e. The van der Waals surface area contributed by atoms with Crippen molar-refractivity contribution in [1.82, 2.24) is 15.0 Å². The van der Waals surface area contributed by atoms with Gasteiger partial charge in [-0.25, -0.2) is 9.97 Å². The van der Waals surface area contributed by atoms with Crippen LogP contribution < -0.4 is 4.90 Å². The molecular formula is C13H11F3N4O. The van der Waals surface area contributed by atoms with Gasteiger partial charge in [0.1, 0.15) is 5.82 Å². The lowest BCUT2D eigenvalue weighted by atomic mass is 10.1. The van der Waals surface area contributed by atoms with Gasteiger partial charge in [-0.2, -0.15) is 13.2 Å². The summed E-state index contributed by atoms with van der Waals surface area (Å²) in [5.41, 5.74) is -0.598. The Morgan fingerprint density at radius 1 is 1.24 bits per heavy atom. The van der Waals surface area contributed by atoms with Crippen LogP contribution in [0.2, 0.25) is 0 Å². The standard InChI is InChI=1S/C13H11F3N4O/c14-13(15,16)10-4-11(20-6-9(21)7-20)19-12(18-10)8-2-1-3-17-5-8/h1-5,9,21H,6-7H2. The maximum absolute atomic E-state index is 13.0. The first kappa shape index (κ1) is 13.7. The van der Waals surface area contributed by atoms with E-state index in [0.717, 1.165) is 6.07 Å². The van der Waals surface area contributed by atoms with Crippen molar-refractivity contribution in [2.24, 2.45) is 0 Å². The first-order valence-corrected chi connectivity index (χ1v) is 6.23. The molecule has 1 aliphatic heterocycles. The van der Waals surface area contributed by atoms with Crippen molar-refractivity contribution in [2.45, 2.75) is 12.3 Å². The smallest absolute Gasteiger partial charge is 0.389 e. The lowest BCUT2D eigenvalue weighted by Crippen LogP contribution is -2.51. The lowest BCUT2D eigenvalue weighted by molar-refractivity contribution is -0.141. The van der Waals surface area contributed by atoms with Crippen LogP contribution in [0.1, 0.15) is 5.69 Å². The Labute approximate surface area is 118 Å². The topological polar surface area (TPSA) is 62.1 Å². The van der Waals surface area contributed by atoms with E-state index in [9.17, 15) is 18.3 Å². The number of aromatic nitrogens is 3. The molecule has 21 heavy (non-hydrogen) atoms. The summed E-state index contributed by atoms with van der Waals surface area (Å²) in [5.74, 6) is 0.121. The van der Waals surface area contributed by atoms with Crippen LogP contribution >= 0.6 is 0 Å². The van der Waals surface area contributed by atoms with Gasteiger partial charge in [0.25, 0.3) is 0 Å². The van der Waals surface area contributed by atoms with E-state index in [0.29, 0.717) is 5.56 Å². The van der Waals surface area contributed by atoms with Gasteiger partial charge in [-0.05, 0) is 12.1 Å². The van der Waals surface area contributed by atoms with Crippen LogP contribution in [0.5, 0.6) is 0 Å². The van der Waals surface area contributed by atoms with Crippen molar-refractivity contribution in [1.29, 1.82) is 0 Å². The highest BCUT2D eigenvalue weighted by molar-refractivity contribution is 5.57. The molecule has 8 heteroatoms. The van der Waals surface area contributed by atoms with Crippen LogP contribution in [0.4, 0.5) is 19.0 Å². The van der Waals surface area contributed by atoms with Gasteiger partial charge in [-0.3, -0.25) is 4.98 Å².